The molecule has 0 atom stereocenters. The molecule has 3 rings (SSSR count). The lowest BCUT2D eigenvalue weighted by Gasteiger charge is -2.09. The van der Waals surface area contributed by atoms with Crippen LogP contribution in [0.5, 0.6) is 5.75 Å². The third-order valence-corrected chi connectivity index (χ3v) is 4.07. The first-order valence-corrected chi connectivity index (χ1v) is 7.54. The molecule has 0 unspecified atom stereocenters. The van der Waals surface area contributed by atoms with Crippen molar-refractivity contribution in [3.05, 3.63) is 70.3 Å². The van der Waals surface area contributed by atoms with Gasteiger partial charge in [0.15, 0.2) is 0 Å². The summed E-state index contributed by atoms with van der Waals surface area (Å²) in [7, 11) is 0. The van der Waals surface area contributed by atoms with Crippen molar-refractivity contribution >= 4 is 26.8 Å². The Balaban J connectivity index is 1.74. The third-order valence-electron chi connectivity index (χ3n) is 3.38. The van der Waals surface area contributed by atoms with Crippen LogP contribution < -0.4 is 5.32 Å². The molecule has 3 aromatic rings. The van der Waals surface area contributed by atoms with Crippen molar-refractivity contribution in [2.75, 3.05) is 0 Å². The second-order valence-electron chi connectivity index (χ2n) is 4.88. The Kier molecular flexibility index (Phi) is 4.18. The van der Waals surface area contributed by atoms with E-state index in [1.54, 1.807) is 12.1 Å². The Labute approximate surface area is 131 Å². The predicted molar refractivity (Wildman–Crippen MR) is 88.1 cm³/mol. The van der Waals surface area contributed by atoms with Gasteiger partial charge in [-0.05, 0) is 35.4 Å². The molecule has 0 amide bonds. The number of halogens is 1. The summed E-state index contributed by atoms with van der Waals surface area (Å²) in [4.78, 5) is 4.48. The van der Waals surface area contributed by atoms with E-state index in [-0.39, 0.29) is 0 Å². The van der Waals surface area contributed by atoms with E-state index in [1.165, 1.54) is 5.56 Å². The number of phenolic OH excluding ortho intramolecular Hbond substituents is 1. The molecule has 0 aliphatic heterocycles. The van der Waals surface area contributed by atoms with Gasteiger partial charge in [-0.15, -0.1) is 0 Å². The van der Waals surface area contributed by atoms with E-state index in [0.717, 1.165) is 34.0 Å². The Morgan fingerprint density at radius 3 is 2.62 bits per heavy atom. The molecule has 0 radical (unpaired) electrons. The summed E-state index contributed by atoms with van der Waals surface area (Å²) in [5.41, 5.74) is 3.33. The molecule has 0 saturated carbocycles. The van der Waals surface area contributed by atoms with Crippen molar-refractivity contribution in [1.29, 1.82) is 0 Å². The normalized spacial score (nSPS) is 10.9. The number of rotatable bonds is 4. The topological polar surface area (TPSA) is 45.1 Å². The quantitative estimate of drug-likeness (QED) is 0.753. The van der Waals surface area contributed by atoms with Gasteiger partial charge in [-0.25, -0.2) is 0 Å². The third kappa shape index (κ3) is 3.23. The van der Waals surface area contributed by atoms with Crippen molar-refractivity contribution in [1.82, 2.24) is 10.3 Å². The fourth-order valence-corrected chi connectivity index (χ4v) is 2.75. The fraction of sp³-hybridized carbons (Fsp3) is 0.118. The molecule has 1 aromatic heterocycles. The van der Waals surface area contributed by atoms with Gasteiger partial charge in [0.1, 0.15) is 5.75 Å². The highest BCUT2D eigenvalue weighted by Gasteiger charge is 2.05. The first-order valence-electron chi connectivity index (χ1n) is 6.75. The molecule has 2 N–H and O–H groups in total. The molecule has 0 fully saturated rings. The van der Waals surface area contributed by atoms with Crippen molar-refractivity contribution in [2.24, 2.45) is 0 Å². The number of pyridine rings is 1. The van der Waals surface area contributed by atoms with E-state index in [2.05, 4.69) is 44.4 Å². The lowest BCUT2D eigenvalue weighted by Crippen LogP contribution is -2.13. The first kappa shape index (κ1) is 14.0. The minimum atomic E-state index is 0.293. The lowest BCUT2D eigenvalue weighted by atomic mass is 10.1. The van der Waals surface area contributed by atoms with E-state index < -0.39 is 0 Å². The average molecular weight is 343 g/mol. The van der Waals surface area contributed by atoms with Gasteiger partial charge >= 0.3 is 0 Å². The molecule has 21 heavy (non-hydrogen) atoms. The number of phenols is 1. The van der Waals surface area contributed by atoms with Gasteiger partial charge in [0.25, 0.3) is 0 Å². The number of aromatic nitrogens is 1. The van der Waals surface area contributed by atoms with Gasteiger partial charge in [0.05, 0.1) is 5.52 Å². The number of aromatic hydroxyl groups is 1. The van der Waals surface area contributed by atoms with Gasteiger partial charge in [-0.3, -0.25) is 4.98 Å². The zero-order valence-corrected chi connectivity index (χ0v) is 13.0. The standard InChI is InChI=1S/C17H15BrN2O/c18-16-8-5-13(17-15(16)2-1-9-20-17)11-19-10-12-3-6-14(21)7-4-12/h1-9,19,21H,10-11H2. The minimum Gasteiger partial charge on any atom is -0.508 e. The van der Waals surface area contributed by atoms with Gasteiger partial charge in [0.2, 0.25) is 0 Å². The molecule has 0 aliphatic carbocycles. The van der Waals surface area contributed by atoms with Gasteiger partial charge < -0.3 is 10.4 Å². The Bertz CT molecular complexity index is 756. The molecule has 2 aromatic carbocycles. The van der Waals surface area contributed by atoms with E-state index in [1.807, 2.05) is 24.4 Å². The molecule has 0 bridgehead atoms. The maximum atomic E-state index is 9.27. The van der Waals surface area contributed by atoms with E-state index >= 15 is 0 Å². The zero-order chi connectivity index (χ0) is 14.7. The summed E-state index contributed by atoms with van der Waals surface area (Å²) in [5, 5.41) is 13.8. The highest BCUT2D eigenvalue weighted by Crippen LogP contribution is 2.25. The molecule has 0 saturated heterocycles. The van der Waals surface area contributed by atoms with Gasteiger partial charge in [-0.1, -0.05) is 40.2 Å². The Hall–Kier alpha value is -1.91. The maximum Gasteiger partial charge on any atom is 0.115 e. The van der Waals surface area contributed by atoms with Gasteiger partial charge in [-0.2, -0.15) is 0 Å². The summed E-state index contributed by atoms with van der Waals surface area (Å²) in [6.45, 7) is 1.51. The Morgan fingerprint density at radius 1 is 1.00 bits per heavy atom. The summed E-state index contributed by atoms with van der Waals surface area (Å²) in [6.07, 6.45) is 1.82. The Morgan fingerprint density at radius 2 is 1.81 bits per heavy atom. The molecule has 1 heterocycles. The van der Waals surface area contributed by atoms with Crippen LogP contribution >= 0.6 is 15.9 Å². The van der Waals surface area contributed by atoms with Crippen molar-refractivity contribution in [3.8, 4) is 5.75 Å². The number of hydrogen-bond donors (Lipinski definition) is 2. The van der Waals surface area contributed by atoms with Crippen LogP contribution in [-0.4, -0.2) is 10.1 Å². The summed E-state index contributed by atoms with van der Waals surface area (Å²) in [5.74, 6) is 0.293. The summed E-state index contributed by atoms with van der Waals surface area (Å²) < 4.78 is 1.06. The van der Waals surface area contributed by atoms with E-state index in [9.17, 15) is 5.11 Å². The van der Waals surface area contributed by atoms with Crippen molar-refractivity contribution in [3.63, 3.8) is 0 Å². The van der Waals surface area contributed by atoms with Crippen LogP contribution in [0.1, 0.15) is 11.1 Å². The first-order chi connectivity index (χ1) is 10.2. The van der Waals surface area contributed by atoms with Crippen molar-refractivity contribution < 1.29 is 5.11 Å². The molecule has 0 aliphatic rings. The second kappa shape index (κ2) is 6.24. The van der Waals surface area contributed by atoms with E-state index in [4.69, 9.17) is 0 Å². The van der Waals surface area contributed by atoms with Crippen LogP contribution in [0.2, 0.25) is 0 Å². The van der Waals surface area contributed by atoms with Crippen LogP contribution in [0, 0.1) is 0 Å². The second-order valence-corrected chi connectivity index (χ2v) is 5.73. The highest BCUT2D eigenvalue weighted by molar-refractivity contribution is 9.10. The summed E-state index contributed by atoms with van der Waals surface area (Å²) >= 11 is 3.56. The predicted octanol–water partition coefficient (Wildman–Crippen LogP) is 3.99. The van der Waals surface area contributed by atoms with Crippen LogP contribution in [0.4, 0.5) is 0 Å². The van der Waals surface area contributed by atoms with Crippen molar-refractivity contribution in [2.45, 2.75) is 13.1 Å². The van der Waals surface area contributed by atoms with Crippen LogP contribution in [-0.2, 0) is 13.1 Å². The SMILES string of the molecule is Oc1ccc(CNCc2ccc(Br)c3cccnc23)cc1. The molecule has 3 nitrogen and oxygen atoms in total. The number of fused-ring (bicyclic) bond motifs is 1. The molecule has 0 spiro atoms. The highest BCUT2D eigenvalue weighted by atomic mass is 79.9. The lowest BCUT2D eigenvalue weighted by molar-refractivity contribution is 0.475. The number of hydrogen-bond acceptors (Lipinski definition) is 3. The molecule has 106 valence electrons. The average Bonchev–Trinajstić information content (AvgIpc) is 2.52. The maximum absolute atomic E-state index is 9.27. The fourth-order valence-electron chi connectivity index (χ4n) is 2.29. The largest absolute Gasteiger partial charge is 0.508 e. The monoisotopic (exact) mass is 342 g/mol. The minimum absolute atomic E-state index is 0.293. The van der Waals surface area contributed by atoms with Gasteiger partial charge in [0, 0.05) is 29.1 Å². The number of benzene rings is 2. The molecular weight excluding hydrogens is 328 g/mol. The zero-order valence-electron chi connectivity index (χ0n) is 11.4. The van der Waals surface area contributed by atoms with Crippen LogP contribution in [0.25, 0.3) is 10.9 Å². The smallest absolute Gasteiger partial charge is 0.115 e. The number of nitrogens with one attached hydrogen (secondary N) is 1. The van der Waals surface area contributed by atoms with Crippen LogP contribution in [0.3, 0.4) is 0 Å². The molecule has 4 heteroatoms. The molecular formula is C17H15BrN2O. The van der Waals surface area contributed by atoms with Crippen LogP contribution in [0.15, 0.2) is 59.2 Å². The summed E-state index contributed by atoms with van der Waals surface area (Å²) in [6, 6.07) is 15.4. The van der Waals surface area contributed by atoms with E-state index in [0.29, 0.717) is 5.75 Å². The number of nitrogens with zero attached hydrogens (tertiary/aromatic N) is 1.